The first-order valence-electron chi connectivity index (χ1n) is 5.47. The first-order chi connectivity index (χ1) is 8.52. The highest BCUT2D eigenvalue weighted by Crippen LogP contribution is 2.26. The lowest BCUT2D eigenvalue weighted by Crippen LogP contribution is -2.16. The van der Waals surface area contributed by atoms with Crippen LogP contribution < -0.4 is 5.73 Å². The van der Waals surface area contributed by atoms with Crippen LogP contribution >= 0.6 is 0 Å². The number of aryl methyl sites for hydroxylation is 1. The minimum atomic E-state index is -1.49. The Kier molecular flexibility index (Phi) is 3.39. The van der Waals surface area contributed by atoms with E-state index in [0.29, 0.717) is 5.56 Å². The van der Waals surface area contributed by atoms with Gasteiger partial charge in [-0.25, -0.2) is 13.2 Å². The number of nitrogens with two attached hydrogens (primary N) is 1. The number of hydrogen-bond donors (Lipinski definition) is 1. The molecule has 0 amide bonds. The lowest BCUT2D eigenvalue weighted by molar-refractivity contribution is 0.438. The summed E-state index contributed by atoms with van der Waals surface area (Å²) in [6.07, 6.45) is 0. The minimum Gasteiger partial charge on any atom is -0.320 e. The van der Waals surface area contributed by atoms with E-state index in [1.54, 1.807) is 12.1 Å². The van der Waals surface area contributed by atoms with Gasteiger partial charge in [-0.3, -0.25) is 0 Å². The molecule has 2 rings (SSSR count). The zero-order valence-electron chi connectivity index (χ0n) is 9.75. The van der Waals surface area contributed by atoms with E-state index in [9.17, 15) is 13.2 Å². The summed E-state index contributed by atoms with van der Waals surface area (Å²) in [6, 6.07) is 8.39. The molecule has 0 aliphatic carbocycles. The summed E-state index contributed by atoms with van der Waals surface area (Å²) in [6.45, 7) is 1.83. The highest BCUT2D eigenvalue weighted by molar-refractivity contribution is 5.37. The van der Waals surface area contributed by atoms with Crippen LogP contribution in [0.1, 0.15) is 22.7 Å². The van der Waals surface area contributed by atoms with Crippen molar-refractivity contribution in [3.05, 3.63) is 70.5 Å². The maximum Gasteiger partial charge on any atom is 0.194 e. The van der Waals surface area contributed by atoms with E-state index >= 15 is 0 Å². The molecular formula is C14H12F3N. The van der Waals surface area contributed by atoms with Crippen molar-refractivity contribution in [2.45, 2.75) is 13.0 Å². The summed E-state index contributed by atoms with van der Waals surface area (Å²) in [5.74, 6) is -3.93. The maximum atomic E-state index is 13.6. The van der Waals surface area contributed by atoms with Gasteiger partial charge in [0.15, 0.2) is 17.5 Å². The summed E-state index contributed by atoms with van der Waals surface area (Å²) in [5, 5.41) is 0. The van der Waals surface area contributed by atoms with Crippen LogP contribution in [0.4, 0.5) is 13.2 Å². The fraction of sp³-hybridized carbons (Fsp3) is 0.143. The van der Waals surface area contributed by atoms with E-state index in [0.717, 1.165) is 11.6 Å². The van der Waals surface area contributed by atoms with Gasteiger partial charge in [0.05, 0.1) is 6.04 Å². The molecule has 0 saturated heterocycles. The molecule has 94 valence electrons. The largest absolute Gasteiger partial charge is 0.320 e. The summed E-state index contributed by atoms with van der Waals surface area (Å²) >= 11 is 0. The van der Waals surface area contributed by atoms with Gasteiger partial charge in [0.2, 0.25) is 0 Å². The molecule has 18 heavy (non-hydrogen) atoms. The van der Waals surface area contributed by atoms with Gasteiger partial charge in [-0.05, 0) is 24.1 Å². The molecule has 0 bridgehead atoms. The van der Waals surface area contributed by atoms with E-state index in [2.05, 4.69) is 0 Å². The van der Waals surface area contributed by atoms with Crippen LogP contribution in [0.3, 0.4) is 0 Å². The third kappa shape index (κ3) is 2.11. The second-order valence-corrected chi connectivity index (χ2v) is 4.10. The molecule has 0 aliphatic rings. The molecule has 4 heteroatoms. The predicted molar refractivity (Wildman–Crippen MR) is 63.5 cm³/mol. The van der Waals surface area contributed by atoms with Crippen molar-refractivity contribution >= 4 is 0 Å². The molecule has 0 heterocycles. The second-order valence-electron chi connectivity index (χ2n) is 4.10. The zero-order chi connectivity index (χ0) is 13.3. The van der Waals surface area contributed by atoms with E-state index in [-0.39, 0.29) is 5.56 Å². The Morgan fingerprint density at radius 1 is 0.889 bits per heavy atom. The number of halogens is 3. The lowest BCUT2D eigenvalue weighted by Gasteiger charge is -2.16. The molecule has 0 aliphatic heterocycles. The fourth-order valence-electron chi connectivity index (χ4n) is 1.88. The molecule has 0 fully saturated rings. The fourth-order valence-corrected chi connectivity index (χ4v) is 1.88. The van der Waals surface area contributed by atoms with Crippen LogP contribution in [0.15, 0.2) is 36.4 Å². The smallest absolute Gasteiger partial charge is 0.194 e. The van der Waals surface area contributed by atoms with Crippen molar-refractivity contribution < 1.29 is 13.2 Å². The van der Waals surface area contributed by atoms with Crippen molar-refractivity contribution in [1.82, 2.24) is 0 Å². The molecule has 2 N–H and O–H groups in total. The Bertz CT molecular complexity index is 581. The number of rotatable bonds is 2. The lowest BCUT2D eigenvalue weighted by atomic mass is 9.95. The van der Waals surface area contributed by atoms with E-state index in [1.807, 2.05) is 19.1 Å². The SMILES string of the molecule is Cc1ccccc1C(N)c1ccc(F)c(F)c1F. The highest BCUT2D eigenvalue weighted by Gasteiger charge is 2.20. The van der Waals surface area contributed by atoms with Crippen LogP contribution in [0.2, 0.25) is 0 Å². The molecule has 0 saturated carbocycles. The van der Waals surface area contributed by atoms with Gasteiger partial charge < -0.3 is 5.73 Å². The standard InChI is InChI=1S/C14H12F3N/c1-8-4-2-3-5-9(8)14(18)10-6-7-11(15)13(17)12(10)16/h2-7,14H,18H2,1H3. The Hall–Kier alpha value is -1.81. The molecule has 2 aromatic rings. The summed E-state index contributed by atoms with van der Waals surface area (Å²) in [5.41, 5.74) is 7.41. The summed E-state index contributed by atoms with van der Waals surface area (Å²) in [7, 11) is 0. The van der Waals surface area contributed by atoms with Crippen molar-refractivity contribution in [3.8, 4) is 0 Å². The molecule has 1 unspecified atom stereocenters. The van der Waals surface area contributed by atoms with E-state index in [1.165, 1.54) is 6.07 Å². The van der Waals surface area contributed by atoms with Gasteiger partial charge in [-0.2, -0.15) is 0 Å². The Labute approximate surface area is 103 Å². The third-order valence-corrected chi connectivity index (χ3v) is 2.92. The molecule has 0 spiro atoms. The van der Waals surface area contributed by atoms with Gasteiger partial charge in [0.25, 0.3) is 0 Å². The molecule has 0 radical (unpaired) electrons. The first-order valence-corrected chi connectivity index (χ1v) is 5.47. The van der Waals surface area contributed by atoms with Crippen molar-refractivity contribution in [3.63, 3.8) is 0 Å². The normalized spacial score (nSPS) is 12.5. The Morgan fingerprint density at radius 2 is 1.56 bits per heavy atom. The van der Waals surface area contributed by atoms with Crippen LogP contribution in [0, 0.1) is 24.4 Å². The van der Waals surface area contributed by atoms with E-state index < -0.39 is 23.5 Å². The van der Waals surface area contributed by atoms with Gasteiger partial charge in [0, 0.05) is 5.56 Å². The van der Waals surface area contributed by atoms with Gasteiger partial charge in [-0.15, -0.1) is 0 Å². The first kappa shape index (κ1) is 12.6. The molecule has 2 aromatic carbocycles. The Balaban J connectivity index is 2.50. The topological polar surface area (TPSA) is 26.0 Å². The zero-order valence-corrected chi connectivity index (χ0v) is 9.75. The minimum absolute atomic E-state index is 0.0526. The van der Waals surface area contributed by atoms with Crippen LogP contribution in [-0.4, -0.2) is 0 Å². The third-order valence-electron chi connectivity index (χ3n) is 2.92. The van der Waals surface area contributed by atoms with Crippen molar-refractivity contribution in [2.75, 3.05) is 0 Å². The average Bonchev–Trinajstić information content (AvgIpc) is 2.36. The Morgan fingerprint density at radius 3 is 2.22 bits per heavy atom. The molecule has 1 nitrogen and oxygen atoms in total. The van der Waals surface area contributed by atoms with Gasteiger partial charge in [-0.1, -0.05) is 30.3 Å². The maximum absolute atomic E-state index is 13.6. The number of benzene rings is 2. The number of hydrogen-bond acceptors (Lipinski definition) is 1. The van der Waals surface area contributed by atoms with Crippen molar-refractivity contribution in [2.24, 2.45) is 5.73 Å². The quantitative estimate of drug-likeness (QED) is 0.813. The molecule has 1 atom stereocenters. The predicted octanol–water partition coefficient (Wildman–Crippen LogP) is 3.46. The summed E-state index contributed by atoms with van der Waals surface area (Å²) in [4.78, 5) is 0. The van der Waals surface area contributed by atoms with Crippen molar-refractivity contribution in [1.29, 1.82) is 0 Å². The van der Waals surface area contributed by atoms with Gasteiger partial charge in [0.1, 0.15) is 0 Å². The second kappa shape index (κ2) is 4.82. The monoisotopic (exact) mass is 251 g/mol. The van der Waals surface area contributed by atoms with Gasteiger partial charge >= 0.3 is 0 Å². The highest BCUT2D eigenvalue weighted by atomic mass is 19.2. The van der Waals surface area contributed by atoms with Crippen LogP contribution in [-0.2, 0) is 0 Å². The van der Waals surface area contributed by atoms with E-state index in [4.69, 9.17) is 5.73 Å². The molecular weight excluding hydrogens is 239 g/mol. The summed E-state index contributed by atoms with van der Waals surface area (Å²) < 4.78 is 39.6. The average molecular weight is 251 g/mol. The van der Waals surface area contributed by atoms with Crippen LogP contribution in [0.5, 0.6) is 0 Å². The molecule has 0 aromatic heterocycles. The van der Waals surface area contributed by atoms with Crippen LogP contribution in [0.25, 0.3) is 0 Å².